The zero-order valence-electron chi connectivity index (χ0n) is 10.9. The van der Waals surface area contributed by atoms with Crippen LogP contribution < -0.4 is 5.32 Å². The lowest BCUT2D eigenvalue weighted by Crippen LogP contribution is -2.54. The molecule has 4 heteroatoms. The van der Waals surface area contributed by atoms with E-state index < -0.39 is 5.97 Å². The number of carbonyl (C=O) groups is 1. The first-order valence-corrected chi connectivity index (χ1v) is 7.31. The Labute approximate surface area is 108 Å². The van der Waals surface area contributed by atoms with Gasteiger partial charge in [-0.25, -0.2) is 0 Å². The van der Waals surface area contributed by atoms with Gasteiger partial charge in [0.05, 0.1) is 5.60 Å². The Balaban J connectivity index is 1.61. The van der Waals surface area contributed by atoms with Gasteiger partial charge in [-0.2, -0.15) is 0 Å². The highest BCUT2D eigenvalue weighted by atomic mass is 16.5. The maximum absolute atomic E-state index is 11.1. The molecule has 3 fully saturated rings. The Kier molecular flexibility index (Phi) is 3.32. The highest BCUT2D eigenvalue weighted by Crippen LogP contribution is 2.45. The van der Waals surface area contributed by atoms with Gasteiger partial charge in [0.25, 0.3) is 0 Å². The summed E-state index contributed by atoms with van der Waals surface area (Å²) in [7, 11) is 0. The van der Waals surface area contributed by atoms with Crippen LogP contribution in [0.15, 0.2) is 0 Å². The van der Waals surface area contributed by atoms with Crippen LogP contribution in [-0.2, 0) is 9.53 Å². The van der Waals surface area contributed by atoms with Crippen LogP contribution in [0.4, 0.5) is 0 Å². The molecule has 0 aromatic rings. The van der Waals surface area contributed by atoms with E-state index in [2.05, 4.69) is 5.32 Å². The normalized spacial score (nSPS) is 39.2. The number of aliphatic carboxylic acids is 1. The van der Waals surface area contributed by atoms with Crippen LogP contribution in [-0.4, -0.2) is 35.4 Å². The minimum atomic E-state index is -0.690. The first-order valence-electron chi connectivity index (χ1n) is 7.31. The molecule has 3 rings (SSSR count). The molecule has 0 amide bonds. The molecule has 1 spiro atoms. The fourth-order valence-corrected chi connectivity index (χ4v) is 3.86. The van der Waals surface area contributed by atoms with Crippen molar-refractivity contribution < 1.29 is 14.6 Å². The van der Waals surface area contributed by atoms with Crippen molar-refractivity contribution in [2.45, 2.75) is 69.1 Å². The van der Waals surface area contributed by atoms with Crippen molar-refractivity contribution in [3.63, 3.8) is 0 Å². The van der Waals surface area contributed by atoms with Crippen LogP contribution in [0.3, 0.4) is 0 Å². The topological polar surface area (TPSA) is 58.6 Å². The van der Waals surface area contributed by atoms with Crippen molar-refractivity contribution >= 4 is 5.97 Å². The van der Waals surface area contributed by atoms with Crippen LogP contribution in [0.1, 0.15) is 51.4 Å². The minimum absolute atomic E-state index is 0.167. The summed E-state index contributed by atoms with van der Waals surface area (Å²) in [6.07, 6.45) is 8.88. The third-order valence-corrected chi connectivity index (χ3v) is 5.09. The average Bonchev–Trinajstić information content (AvgIpc) is 2.37. The smallest absolute Gasteiger partial charge is 0.320 e. The summed E-state index contributed by atoms with van der Waals surface area (Å²) >= 11 is 0. The highest BCUT2D eigenvalue weighted by Gasteiger charge is 2.45. The first-order chi connectivity index (χ1) is 8.69. The van der Waals surface area contributed by atoms with Gasteiger partial charge in [-0.1, -0.05) is 0 Å². The SMILES string of the molecule is O=C(O)C1CCCC(C2CCOC3(CCC3)C2)N1. The largest absolute Gasteiger partial charge is 0.480 e. The predicted octanol–water partition coefficient (Wildman–Crippen LogP) is 1.93. The summed E-state index contributed by atoms with van der Waals surface area (Å²) in [5.41, 5.74) is 0.167. The van der Waals surface area contributed by atoms with Gasteiger partial charge in [0.1, 0.15) is 6.04 Å². The van der Waals surface area contributed by atoms with Crippen molar-refractivity contribution in [3.8, 4) is 0 Å². The summed E-state index contributed by atoms with van der Waals surface area (Å²) in [4.78, 5) is 11.1. The standard InChI is InChI=1S/C14H23NO3/c16-13(17)12-4-1-3-11(15-12)10-5-8-18-14(9-10)6-2-7-14/h10-12,15H,1-9H2,(H,16,17). The summed E-state index contributed by atoms with van der Waals surface area (Å²) in [6.45, 7) is 0.862. The Morgan fingerprint density at radius 3 is 2.72 bits per heavy atom. The van der Waals surface area contributed by atoms with Crippen LogP contribution >= 0.6 is 0 Å². The van der Waals surface area contributed by atoms with Gasteiger partial charge in [-0.3, -0.25) is 4.79 Å². The number of hydrogen-bond acceptors (Lipinski definition) is 3. The number of carboxylic acids is 1. The zero-order chi connectivity index (χ0) is 12.6. The van der Waals surface area contributed by atoms with Gasteiger partial charge in [0.2, 0.25) is 0 Å². The molecule has 2 saturated heterocycles. The third kappa shape index (κ3) is 2.28. The van der Waals surface area contributed by atoms with Crippen LogP contribution in [0.5, 0.6) is 0 Å². The van der Waals surface area contributed by atoms with Crippen LogP contribution in [0, 0.1) is 5.92 Å². The Bertz CT molecular complexity index is 327. The van der Waals surface area contributed by atoms with E-state index in [1.807, 2.05) is 0 Å². The van der Waals surface area contributed by atoms with E-state index >= 15 is 0 Å². The first kappa shape index (κ1) is 12.4. The molecule has 3 atom stereocenters. The van der Waals surface area contributed by atoms with Crippen LogP contribution in [0.2, 0.25) is 0 Å². The molecule has 0 bridgehead atoms. The molecule has 0 radical (unpaired) electrons. The number of nitrogens with one attached hydrogen (secondary N) is 1. The highest BCUT2D eigenvalue weighted by molar-refractivity contribution is 5.73. The quantitative estimate of drug-likeness (QED) is 0.789. The van der Waals surface area contributed by atoms with E-state index in [1.54, 1.807) is 0 Å². The van der Waals surface area contributed by atoms with E-state index in [-0.39, 0.29) is 11.6 Å². The molecule has 3 aliphatic rings. The van der Waals surface area contributed by atoms with Crippen molar-refractivity contribution in [2.24, 2.45) is 5.92 Å². The lowest BCUT2D eigenvalue weighted by Gasteiger charge is -2.49. The van der Waals surface area contributed by atoms with Gasteiger partial charge < -0.3 is 15.2 Å². The van der Waals surface area contributed by atoms with E-state index in [0.29, 0.717) is 12.0 Å². The Hall–Kier alpha value is -0.610. The number of piperidine rings is 1. The molecule has 18 heavy (non-hydrogen) atoms. The number of hydrogen-bond donors (Lipinski definition) is 2. The van der Waals surface area contributed by atoms with Gasteiger partial charge in [0.15, 0.2) is 0 Å². The lowest BCUT2D eigenvalue weighted by molar-refractivity contribution is -0.150. The maximum Gasteiger partial charge on any atom is 0.320 e. The van der Waals surface area contributed by atoms with E-state index in [1.165, 1.54) is 19.3 Å². The summed E-state index contributed by atoms with van der Waals surface area (Å²) in [5.74, 6) is -0.0775. The second-order valence-corrected chi connectivity index (χ2v) is 6.23. The van der Waals surface area contributed by atoms with E-state index in [9.17, 15) is 4.79 Å². The molecule has 2 heterocycles. The summed E-state index contributed by atoms with van der Waals surface area (Å²) in [5, 5.41) is 12.5. The molecule has 0 aromatic carbocycles. The van der Waals surface area contributed by atoms with Crippen molar-refractivity contribution in [3.05, 3.63) is 0 Å². The molecule has 1 saturated carbocycles. The van der Waals surface area contributed by atoms with Gasteiger partial charge in [0, 0.05) is 12.6 Å². The second-order valence-electron chi connectivity index (χ2n) is 6.23. The Morgan fingerprint density at radius 2 is 2.06 bits per heavy atom. The summed E-state index contributed by atoms with van der Waals surface area (Å²) < 4.78 is 5.95. The van der Waals surface area contributed by atoms with Gasteiger partial charge in [-0.15, -0.1) is 0 Å². The third-order valence-electron chi connectivity index (χ3n) is 5.09. The molecule has 3 unspecified atom stereocenters. The molecule has 4 nitrogen and oxygen atoms in total. The van der Waals surface area contributed by atoms with Crippen molar-refractivity contribution in [1.82, 2.24) is 5.32 Å². The zero-order valence-corrected chi connectivity index (χ0v) is 10.9. The number of rotatable bonds is 2. The fraction of sp³-hybridized carbons (Fsp3) is 0.929. The molecule has 1 aliphatic carbocycles. The van der Waals surface area contributed by atoms with Gasteiger partial charge >= 0.3 is 5.97 Å². The molecular formula is C14H23NO3. The van der Waals surface area contributed by atoms with Gasteiger partial charge in [-0.05, 0) is 57.3 Å². The van der Waals surface area contributed by atoms with E-state index in [0.717, 1.165) is 38.7 Å². The Morgan fingerprint density at radius 1 is 1.22 bits per heavy atom. The lowest BCUT2D eigenvalue weighted by atomic mass is 9.69. The fourth-order valence-electron chi connectivity index (χ4n) is 3.86. The number of ether oxygens (including phenoxy) is 1. The van der Waals surface area contributed by atoms with Crippen LogP contribution in [0.25, 0.3) is 0 Å². The molecule has 0 aromatic heterocycles. The number of carboxylic acid groups (broad SMARTS) is 1. The summed E-state index contributed by atoms with van der Waals surface area (Å²) in [6, 6.07) is 0.0603. The molecular weight excluding hydrogens is 230 g/mol. The van der Waals surface area contributed by atoms with Crippen molar-refractivity contribution in [1.29, 1.82) is 0 Å². The maximum atomic E-state index is 11.1. The molecule has 102 valence electrons. The minimum Gasteiger partial charge on any atom is -0.480 e. The van der Waals surface area contributed by atoms with E-state index in [4.69, 9.17) is 9.84 Å². The predicted molar refractivity (Wildman–Crippen MR) is 67.5 cm³/mol. The van der Waals surface area contributed by atoms with Crippen molar-refractivity contribution in [2.75, 3.05) is 6.61 Å². The molecule has 2 N–H and O–H groups in total. The molecule has 2 aliphatic heterocycles. The second kappa shape index (κ2) is 4.82. The monoisotopic (exact) mass is 253 g/mol. The average molecular weight is 253 g/mol.